The Morgan fingerprint density at radius 1 is 1.42 bits per heavy atom. The molecule has 0 fully saturated rings. The van der Waals surface area contributed by atoms with Crippen LogP contribution in [-0.4, -0.2) is 25.5 Å². The Labute approximate surface area is 125 Å². The first-order valence-corrected chi connectivity index (χ1v) is 8.41. The molecule has 0 bridgehead atoms. The molecule has 0 aromatic heterocycles. The molecule has 1 aromatic rings. The van der Waals surface area contributed by atoms with Crippen molar-refractivity contribution in [2.75, 3.05) is 25.5 Å². The molecule has 0 spiro atoms. The Kier molecular flexibility index (Phi) is 6.51. The van der Waals surface area contributed by atoms with Gasteiger partial charge < -0.3 is 10.1 Å². The van der Waals surface area contributed by atoms with E-state index < -0.39 is 0 Å². The molecule has 1 unspecified atom stereocenters. The predicted octanol–water partition coefficient (Wildman–Crippen LogP) is 4.28. The number of fused-ring (bicyclic) bond motifs is 1. The van der Waals surface area contributed by atoms with Crippen LogP contribution in [0, 0.1) is 0 Å². The van der Waals surface area contributed by atoms with Crippen molar-refractivity contribution in [3.63, 3.8) is 0 Å². The van der Waals surface area contributed by atoms with Crippen LogP contribution in [0.25, 0.3) is 0 Å². The summed E-state index contributed by atoms with van der Waals surface area (Å²) in [6, 6.07) is 6.63. The molecule has 2 nitrogen and oxygen atoms in total. The molecule has 1 atom stereocenters. The number of hydrogen-bond acceptors (Lipinski definition) is 3. The lowest BCUT2D eigenvalue weighted by Crippen LogP contribution is -2.28. The highest BCUT2D eigenvalue weighted by Gasteiger charge is 2.20. The third-order valence-electron chi connectivity index (χ3n) is 3.29. The summed E-state index contributed by atoms with van der Waals surface area (Å²) < 4.78 is 5.58. The van der Waals surface area contributed by atoms with Gasteiger partial charge in [0, 0.05) is 29.1 Å². The predicted molar refractivity (Wildman–Crippen MR) is 83.3 cm³/mol. The number of hydrogen-bond donors (Lipinski definition) is 1. The Hall–Kier alpha value is -0.220. The standard InChI is InChI=1S/C15H22ClNOS/c1-2-3-8-18-9-7-17-14-6-10-19-15-5-4-12(16)11-13(14)15/h4-5,11,14,17H,2-3,6-10H2,1H3. The molecule has 1 aromatic carbocycles. The maximum Gasteiger partial charge on any atom is 0.0591 e. The number of ether oxygens (including phenoxy) is 1. The Morgan fingerprint density at radius 2 is 2.32 bits per heavy atom. The summed E-state index contributed by atoms with van der Waals surface area (Å²) >= 11 is 8.02. The first-order chi connectivity index (χ1) is 9.31. The number of nitrogens with one attached hydrogen (secondary N) is 1. The lowest BCUT2D eigenvalue weighted by atomic mass is 10.0. The largest absolute Gasteiger partial charge is 0.380 e. The zero-order chi connectivity index (χ0) is 13.5. The molecule has 0 radical (unpaired) electrons. The monoisotopic (exact) mass is 299 g/mol. The summed E-state index contributed by atoms with van der Waals surface area (Å²) in [5, 5.41) is 4.41. The van der Waals surface area contributed by atoms with E-state index in [-0.39, 0.29) is 0 Å². The van der Waals surface area contributed by atoms with Crippen LogP contribution in [0.15, 0.2) is 23.1 Å². The lowest BCUT2D eigenvalue weighted by molar-refractivity contribution is 0.130. The fraction of sp³-hybridized carbons (Fsp3) is 0.600. The van der Waals surface area contributed by atoms with Crippen molar-refractivity contribution in [2.24, 2.45) is 0 Å². The van der Waals surface area contributed by atoms with Crippen LogP contribution in [0.5, 0.6) is 0 Å². The minimum atomic E-state index is 0.421. The van der Waals surface area contributed by atoms with Crippen molar-refractivity contribution in [1.82, 2.24) is 5.32 Å². The summed E-state index contributed by atoms with van der Waals surface area (Å²) in [6.45, 7) is 4.76. The molecular weight excluding hydrogens is 278 g/mol. The molecule has 106 valence electrons. The second-order valence-electron chi connectivity index (χ2n) is 4.79. The van der Waals surface area contributed by atoms with E-state index in [1.807, 2.05) is 17.8 Å². The van der Waals surface area contributed by atoms with Gasteiger partial charge in [-0.3, -0.25) is 0 Å². The summed E-state index contributed by atoms with van der Waals surface area (Å²) in [6.07, 6.45) is 3.50. The number of benzene rings is 1. The average molecular weight is 300 g/mol. The summed E-state index contributed by atoms with van der Waals surface area (Å²) in [4.78, 5) is 1.36. The number of unbranched alkanes of at least 4 members (excludes halogenated alkanes) is 1. The molecule has 4 heteroatoms. The molecule has 1 aliphatic rings. The minimum absolute atomic E-state index is 0.421. The van der Waals surface area contributed by atoms with Gasteiger partial charge in [0.2, 0.25) is 0 Å². The van der Waals surface area contributed by atoms with E-state index >= 15 is 0 Å². The average Bonchev–Trinajstić information content (AvgIpc) is 2.43. The van der Waals surface area contributed by atoms with Crippen LogP contribution in [0.1, 0.15) is 37.8 Å². The second kappa shape index (κ2) is 8.15. The Bertz CT molecular complexity index is 400. The van der Waals surface area contributed by atoms with Crippen molar-refractivity contribution in [3.8, 4) is 0 Å². The molecular formula is C15H22ClNOS. The third kappa shape index (κ3) is 4.67. The van der Waals surface area contributed by atoms with Gasteiger partial charge in [0.15, 0.2) is 0 Å². The molecule has 0 saturated heterocycles. The van der Waals surface area contributed by atoms with Crippen LogP contribution in [0.3, 0.4) is 0 Å². The Balaban J connectivity index is 1.80. The van der Waals surface area contributed by atoms with Gasteiger partial charge in [-0.1, -0.05) is 24.9 Å². The second-order valence-corrected chi connectivity index (χ2v) is 6.37. The highest BCUT2D eigenvalue weighted by Crippen LogP contribution is 2.37. The highest BCUT2D eigenvalue weighted by molar-refractivity contribution is 7.99. The van der Waals surface area contributed by atoms with Crippen LogP contribution in [0.4, 0.5) is 0 Å². The van der Waals surface area contributed by atoms with Gasteiger partial charge in [0.1, 0.15) is 0 Å². The van der Waals surface area contributed by atoms with Crippen molar-refractivity contribution in [1.29, 1.82) is 0 Å². The number of halogens is 1. The summed E-state index contributed by atoms with van der Waals surface area (Å²) in [7, 11) is 0. The Morgan fingerprint density at radius 3 is 3.16 bits per heavy atom. The van der Waals surface area contributed by atoms with E-state index in [0.717, 1.165) is 37.6 Å². The van der Waals surface area contributed by atoms with E-state index in [4.69, 9.17) is 16.3 Å². The molecule has 19 heavy (non-hydrogen) atoms. The first-order valence-electron chi connectivity index (χ1n) is 7.04. The summed E-state index contributed by atoms with van der Waals surface area (Å²) in [5.74, 6) is 1.17. The van der Waals surface area contributed by atoms with Gasteiger partial charge in [-0.25, -0.2) is 0 Å². The van der Waals surface area contributed by atoms with Gasteiger partial charge in [-0.05, 0) is 42.4 Å². The van der Waals surface area contributed by atoms with Gasteiger partial charge in [0.05, 0.1) is 6.61 Å². The van der Waals surface area contributed by atoms with Gasteiger partial charge in [-0.2, -0.15) is 0 Å². The normalized spacial score (nSPS) is 18.3. The van der Waals surface area contributed by atoms with Crippen LogP contribution < -0.4 is 5.32 Å². The van der Waals surface area contributed by atoms with E-state index in [0.29, 0.717) is 6.04 Å². The molecule has 2 rings (SSSR count). The van der Waals surface area contributed by atoms with Crippen molar-refractivity contribution >= 4 is 23.4 Å². The highest BCUT2D eigenvalue weighted by atomic mass is 35.5. The van der Waals surface area contributed by atoms with E-state index in [2.05, 4.69) is 24.4 Å². The van der Waals surface area contributed by atoms with Crippen LogP contribution in [0.2, 0.25) is 5.02 Å². The van der Waals surface area contributed by atoms with Crippen molar-refractivity contribution < 1.29 is 4.74 Å². The fourth-order valence-corrected chi connectivity index (χ4v) is 3.52. The molecule has 1 N–H and O–H groups in total. The minimum Gasteiger partial charge on any atom is -0.380 e. The topological polar surface area (TPSA) is 21.3 Å². The molecule has 0 amide bonds. The van der Waals surface area contributed by atoms with Gasteiger partial charge in [-0.15, -0.1) is 11.8 Å². The zero-order valence-electron chi connectivity index (χ0n) is 11.5. The fourth-order valence-electron chi connectivity index (χ4n) is 2.23. The molecule has 1 heterocycles. The first kappa shape index (κ1) is 15.2. The third-order valence-corrected chi connectivity index (χ3v) is 4.65. The van der Waals surface area contributed by atoms with Gasteiger partial charge >= 0.3 is 0 Å². The van der Waals surface area contributed by atoms with Crippen molar-refractivity contribution in [3.05, 3.63) is 28.8 Å². The molecule has 0 aliphatic carbocycles. The van der Waals surface area contributed by atoms with Crippen LogP contribution >= 0.6 is 23.4 Å². The molecule has 0 saturated carbocycles. The van der Waals surface area contributed by atoms with E-state index in [9.17, 15) is 0 Å². The number of rotatable bonds is 7. The lowest BCUT2D eigenvalue weighted by Gasteiger charge is -2.26. The smallest absolute Gasteiger partial charge is 0.0591 e. The van der Waals surface area contributed by atoms with E-state index in [1.54, 1.807) is 0 Å². The van der Waals surface area contributed by atoms with Gasteiger partial charge in [0.25, 0.3) is 0 Å². The summed E-state index contributed by atoms with van der Waals surface area (Å²) in [5.41, 5.74) is 1.34. The SMILES string of the molecule is CCCCOCCNC1CCSc2ccc(Cl)cc21. The van der Waals surface area contributed by atoms with Crippen molar-refractivity contribution in [2.45, 2.75) is 37.1 Å². The van der Waals surface area contributed by atoms with E-state index in [1.165, 1.54) is 22.6 Å². The zero-order valence-corrected chi connectivity index (χ0v) is 13.0. The molecule has 1 aliphatic heterocycles. The maximum absolute atomic E-state index is 6.10. The quantitative estimate of drug-likeness (QED) is 0.759. The number of thioether (sulfide) groups is 1. The maximum atomic E-state index is 6.10. The van der Waals surface area contributed by atoms with Crippen LogP contribution in [-0.2, 0) is 4.74 Å².